The first-order chi connectivity index (χ1) is 8.39. The molecular weight excluding hydrogens is 246 g/mol. The van der Waals surface area contributed by atoms with E-state index in [1.165, 1.54) is 6.92 Å². The molecule has 18 heavy (non-hydrogen) atoms. The minimum atomic E-state index is -1.23. The van der Waals surface area contributed by atoms with Crippen LogP contribution >= 0.6 is 0 Å². The van der Waals surface area contributed by atoms with Crippen LogP contribution in [0.15, 0.2) is 0 Å². The minimum Gasteiger partial charge on any atom is -0.479 e. The molecule has 0 heterocycles. The van der Waals surface area contributed by atoms with E-state index in [1.54, 1.807) is 0 Å². The van der Waals surface area contributed by atoms with Crippen molar-refractivity contribution in [2.24, 2.45) is 17.2 Å². The fourth-order valence-electron chi connectivity index (χ4n) is 0. The Balaban J connectivity index is -0.0000000742. The molecule has 0 aliphatic heterocycles. The molecule has 0 radical (unpaired) electrons. The lowest BCUT2D eigenvalue weighted by Crippen LogP contribution is -2.13. The van der Waals surface area contributed by atoms with Gasteiger partial charge in [0.25, 0.3) is 0 Å². The highest BCUT2D eigenvalue weighted by Gasteiger charge is 2.01. The summed E-state index contributed by atoms with van der Waals surface area (Å²) < 4.78 is 0. The van der Waals surface area contributed by atoms with Crippen molar-refractivity contribution in [1.82, 2.24) is 0 Å². The average Bonchev–Trinajstić information content (AvgIpc) is 2.39. The molecule has 11 N–H and O–H groups in total. The lowest BCUT2D eigenvalue weighted by molar-refractivity contribution is -0.145. The number of hydrogen-bond donors (Lipinski definition) is 8. The molecule has 0 saturated heterocycles. The molecule has 0 bridgehead atoms. The number of carbonyl (C=O) groups is 1. The van der Waals surface area contributed by atoms with Gasteiger partial charge in [-0.2, -0.15) is 0 Å². The van der Waals surface area contributed by atoms with Crippen LogP contribution in [0.1, 0.15) is 6.92 Å². The van der Waals surface area contributed by atoms with Crippen molar-refractivity contribution < 1.29 is 30.3 Å². The van der Waals surface area contributed by atoms with Crippen LogP contribution in [0.5, 0.6) is 0 Å². The van der Waals surface area contributed by atoms with Gasteiger partial charge in [0, 0.05) is 19.6 Å². The minimum absolute atomic E-state index is 0.0972. The van der Waals surface area contributed by atoms with Crippen molar-refractivity contribution in [3.05, 3.63) is 0 Å². The van der Waals surface area contributed by atoms with Crippen LogP contribution in [-0.4, -0.2) is 77.1 Å². The third-order valence-electron chi connectivity index (χ3n) is 0.745. The van der Waals surface area contributed by atoms with Crippen LogP contribution in [0, 0.1) is 0 Å². The smallest absolute Gasteiger partial charge is 0.332 e. The maximum absolute atomic E-state index is 9.45. The van der Waals surface area contributed by atoms with Gasteiger partial charge in [0.2, 0.25) is 0 Å². The molecule has 0 spiro atoms. The van der Waals surface area contributed by atoms with Crippen LogP contribution in [-0.2, 0) is 4.79 Å². The lowest BCUT2D eigenvalue weighted by atomic mass is 10.4. The molecule has 0 aromatic carbocycles. The first-order valence-corrected chi connectivity index (χ1v) is 5.23. The predicted molar refractivity (Wildman–Crippen MR) is 67.7 cm³/mol. The zero-order valence-electron chi connectivity index (χ0n) is 10.7. The Labute approximate surface area is 107 Å². The topological polar surface area (TPSA) is 196 Å². The van der Waals surface area contributed by atoms with E-state index >= 15 is 0 Å². The Morgan fingerprint density at radius 3 is 1.06 bits per heavy atom. The number of aliphatic hydroxyl groups is 4. The van der Waals surface area contributed by atoms with Gasteiger partial charge in [-0.1, -0.05) is 0 Å². The number of aliphatic hydroxyl groups excluding tert-OH is 4. The fourth-order valence-corrected chi connectivity index (χ4v) is 0. The van der Waals surface area contributed by atoms with Gasteiger partial charge in [-0.25, -0.2) is 4.79 Å². The molecule has 1 unspecified atom stereocenters. The van der Waals surface area contributed by atoms with Gasteiger partial charge >= 0.3 is 5.97 Å². The highest BCUT2D eigenvalue weighted by molar-refractivity contribution is 5.71. The SMILES string of the molecule is CC(O)C(=O)O.NCCO.NCCO.NCCO. The van der Waals surface area contributed by atoms with Crippen LogP contribution in [0.4, 0.5) is 0 Å². The maximum Gasteiger partial charge on any atom is 0.332 e. The monoisotopic (exact) mass is 273 g/mol. The summed E-state index contributed by atoms with van der Waals surface area (Å²) in [5.74, 6) is -1.19. The van der Waals surface area contributed by atoms with E-state index in [2.05, 4.69) is 0 Å². The third-order valence-corrected chi connectivity index (χ3v) is 0.745. The molecular formula is C9H27N3O6. The summed E-state index contributed by atoms with van der Waals surface area (Å²) in [4.78, 5) is 9.45. The zero-order chi connectivity index (χ0) is 15.4. The van der Waals surface area contributed by atoms with E-state index in [0.717, 1.165) is 0 Å². The number of carboxylic acids is 1. The van der Waals surface area contributed by atoms with Gasteiger partial charge in [0.15, 0.2) is 0 Å². The molecule has 0 aromatic rings. The number of aliphatic carboxylic acids is 1. The van der Waals surface area contributed by atoms with Crippen molar-refractivity contribution in [1.29, 1.82) is 0 Å². The normalized spacial score (nSPS) is 9.56. The van der Waals surface area contributed by atoms with E-state index in [9.17, 15) is 4.79 Å². The highest BCUT2D eigenvalue weighted by atomic mass is 16.4. The number of hydrogen-bond acceptors (Lipinski definition) is 8. The first kappa shape index (κ1) is 25.9. The van der Waals surface area contributed by atoms with Gasteiger partial charge in [-0.3, -0.25) is 0 Å². The summed E-state index contributed by atoms with van der Waals surface area (Å²) in [6.07, 6.45) is -1.23. The second-order valence-electron chi connectivity index (χ2n) is 2.55. The molecule has 0 fully saturated rings. The summed E-state index contributed by atoms with van der Waals surface area (Å²) in [5.41, 5.74) is 14.3. The summed E-state index contributed by atoms with van der Waals surface area (Å²) in [6.45, 7) is 2.61. The van der Waals surface area contributed by atoms with Gasteiger partial charge in [-0.15, -0.1) is 0 Å². The zero-order valence-corrected chi connectivity index (χ0v) is 10.7. The van der Waals surface area contributed by atoms with Crippen molar-refractivity contribution in [2.75, 3.05) is 39.5 Å². The molecule has 9 heteroatoms. The number of rotatable bonds is 4. The average molecular weight is 273 g/mol. The van der Waals surface area contributed by atoms with Crippen molar-refractivity contribution >= 4 is 5.97 Å². The van der Waals surface area contributed by atoms with Crippen molar-refractivity contribution in [3.8, 4) is 0 Å². The Bertz CT molecular complexity index is 122. The standard InChI is InChI=1S/C3H6O3.3C2H7NO/c1-2(4)3(5)6;3*3-1-2-4/h2,4H,1H3,(H,5,6);3*4H,1-3H2. The largest absolute Gasteiger partial charge is 0.479 e. The van der Waals surface area contributed by atoms with Crippen LogP contribution < -0.4 is 17.2 Å². The Morgan fingerprint density at radius 2 is 1.06 bits per heavy atom. The van der Waals surface area contributed by atoms with E-state index in [4.69, 9.17) is 42.7 Å². The van der Waals surface area contributed by atoms with Crippen LogP contribution in [0.25, 0.3) is 0 Å². The summed E-state index contributed by atoms with van der Waals surface area (Å²) in [6, 6.07) is 0. The number of carboxylic acid groups (broad SMARTS) is 1. The Hall–Kier alpha value is -0.810. The molecule has 1 atom stereocenters. The Kier molecular flexibility index (Phi) is 42.9. The lowest BCUT2D eigenvalue weighted by Gasteiger charge is -1.89. The maximum atomic E-state index is 9.45. The van der Waals surface area contributed by atoms with Gasteiger partial charge < -0.3 is 42.7 Å². The molecule has 0 saturated carbocycles. The third kappa shape index (κ3) is 79.8. The van der Waals surface area contributed by atoms with E-state index in [0.29, 0.717) is 19.6 Å². The van der Waals surface area contributed by atoms with E-state index in [-0.39, 0.29) is 19.8 Å². The second kappa shape index (κ2) is 29.8. The molecule has 0 amide bonds. The Morgan fingerprint density at radius 1 is 0.944 bits per heavy atom. The molecule has 9 nitrogen and oxygen atoms in total. The molecule has 114 valence electrons. The highest BCUT2D eigenvalue weighted by Crippen LogP contribution is 1.73. The van der Waals surface area contributed by atoms with Gasteiger partial charge in [0.1, 0.15) is 6.10 Å². The summed E-state index contributed by atoms with van der Waals surface area (Å²) in [7, 11) is 0. The molecule has 0 aromatic heterocycles. The molecule has 0 aliphatic carbocycles. The first-order valence-electron chi connectivity index (χ1n) is 5.23. The molecule has 0 rings (SSSR count). The molecule has 0 aliphatic rings. The van der Waals surface area contributed by atoms with Crippen LogP contribution in [0.3, 0.4) is 0 Å². The van der Waals surface area contributed by atoms with Gasteiger partial charge in [0.05, 0.1) is 19.8 Å². The quantitative estimate of drug-likeness (QED) is 0.254. The number of nitrogens with two attached hydrogens (primary N) is 3. The summed E-state index contributed by atoms with van der Waals surface area (Å²) in [5, 5.41) is 39.0. The van der Waals surface area contributed by atoms with Crippen LogP contribution in [0.2, 0.25) is 0 Å². The van der Waals surface area contributed by atoms with Crippen molar-refractivity contribution in [2.45, 2.75) is 13.0 Å². The second-order valence-corrected chi connectivity index (χ2v) is 2.55. The fraction of sp³-hybridized carbons (Fsp3) is 0.889. The van der Waals surface area contributed by atoms with Crippen molar-refractivity contribution in [3.63, 3.8) is 0 Å². The van der Waals surface area contributed by atoms with E-state index < -0.39 is 12.1 Å². The van der Waals surface area contributed by atoms with E-state index in [1.807, 2.05) is 0 Å². The van der Waals surface area contributed by atoms with Gasteiger partial charge in [-0.05, 0) is 6.92 Å². The predicted octanol–water partition coefficient (Wildman–Crippen LogP) is -3.74. The summed E-state index contributed by atoms with van der Waals surface area (Å²) >= 11 is 0.